The molecule has 0 aliphatic heterocycles. The summed E-state index contributed by atoms with van der Waals surface area (Å²) in [5, 5.41) is 0. The van der Waals surface area contributed by atoms with Gasteiger partial charge in [0.25, 0.3) is 0 Å². The predicted octanol–water partition coefficient (Wildman–Crippen LogP) is 2.01. The lowest BCUT2D eigenvalue weighted by molar-refractivity contribution is -0.147. The topological polar surface area (TPSA) is 35.5 Å². The van der Waals surface area contributed by atoms with E-state index in [-0.39, 0.29) is 11.9 Å². The third-order valence-corrected chi connectivity index (χ3v) is 2.91. The van der Waals surface area contributed by atoms with Gasteiger partial charge in [0.1, 0.15) is 0 Å². The first kappa shape index (κ1) is 10.9. The van der Waals surface area contributed by atoms with Crippen molar-refractivity contribution < 1.29 is 13.7 Å². The normalized spacial score (nSPS) is 28.5. The van der Waals surface area contributed by atoms with Gasteiger partial charge in [-0.15, -0.1) is 0 Å². The third-order valence-electron chi connectivity index (χ3n) is 2.44. The van der Waals surface area contributed by atoms with Crippen molar-refractivity contribution in [1.29, 1.82) is 0 Å². The van der Waals surface area contributed by atoms with Crippen molar-refractivity contribution in [2.75, 3.05) is 13.4 Å². The van der Waals surface area contributed by atoms with E-state index in [0.717, 1.165) is 25.7 Å². The largest absolute Gasteiger partial charge is 0.469 e. The second-order valence-electron chi connectivity index (χ2n) is 3.26. The van der Waals surface area contributed by atoms with E-state index in [9.17, 15) is 4.79 Å². The molecule has 0 aromatic carbocycles. The molecule has 0 amide bonds. The van der Waals surface area contributed by atoms with E-state index < -0.39 is 0 Å². The van der Waals surface area contributed by atoms with Crippen molar-refractivity contribution in [3.8, 4) is 0 Å². The molecule has 1 rings (SSSR count). The van der Waals surface area contributed by atoms with Gasteiger partial charge in [-0.3, -0.25) is 4.79 Å². The van der Waals surface area contributed by atoms with E-state index in [1.807, 2.05) is 6.26 Å². The summed E-state index contributed by atoms with van der Waals surface area (Å²) < 4.78 is 10.1. The van der Waals surface area contributed by atoms with E-state index in [4.69, 9.17) is 8.92 Å². The molecule has 0 aromatic heterocycles. The van der Waals surface area contributed by atoms with E-state index in [2.05, 4.69) is 0 Å². The van der Waals surface area contributed by atoms with Gasteiger partial charge in [0.2, 0.25) is 0 Å². The second kappa shape index (κ2) is 5.50. The number of esters is 1. The number of carbonyl (C=O) groups is 1. The molecule has 0 atom stereocenters. The Bertz CT molecular complexity index is 164. The van der Waals surface area contributed by atoms with E-state index in [1.165, 1.54) is 19.2 Å². The molecule has 0 aromatic rings. The lowest BCUT2D eigenvalue weighted by atomic mass is 9.88. The molecule has 0 radical (unpaired) electrons. The number of ether oxygens (including phenoxy) is 1. The molecule has 1 fully saturated rings. The maximum atomic E-state index is 11.2. The number of hydrogen-bond acceptors (Lipinski definition) is 4. The number of hydrogen-bond donors (Lipinski definition) is 0. The summed E-state index contributed by atoms with van der Waals surface area (Å²) in [6, 6.07) is 0. The summed E-state index contributed by atoms with van der Waals surface area (Å²) in [6.07, 6.45) is 6.00. The van der Waals surface area contributed by atoms with Crippen LogP contribution in [0, 0.1) is 5.92 Å². The monoisotopic (exact) mass is 204 g/mol. The molecule has 0 unspecified atom stereocenters. The van der Waals surface area contributed by atoms with Gasteiger partial charge in [0, 0.05) is 6.26 Å². The molecule has 4 heteroatoms. The Hall–Kier alpha value is -0.220. The van der Waals surface area contributed by atoms with Crippen LogP contribution in [-0.2, 0) is 13.7 Å². The van der Waals surface area contributed by atoms with Crippen LogP contribution >= 0.6 is 12.0 Å². The summed E-state index contributed by atoms with van der Waals surface area (Å²) >= 11 is 1.41. The van der Waals surface area contributed by atoms with E-state index in [1.54, 1.807) is 0 Å². The zero-order chi connectivity index (χ0) is 9.68. The molecule has 0 spiro atoms. The lowest BCUT2D eigenvalue weighted by Gasteiger charge is -2.25. The molecule has 0 N–H and O–H groups in total. The van der Waals surface area contributed by atoms with E-state index in [0.29, 0.717) is 6.10 Å². The molecule has 76 valence electrons. The first-order chi connectivity index (χ1) is 6.27. The average molecular weight is 204 g/mol. The van der Waals surface area contributed by atoms with Gasteiger partial charge in [-0.25, -0.2) is 0 Å². The van der Waals surface area contributed by atoms with Gasteiger partial charge in [-0.05, 0) is 37.7 Å². The fraction of sp³-hybridized carbons (Fsp3) is 0.889. The van der Waals surface area contributed by atoms with Gasteiger partial charge >= 0.3 is 5.97 Å². The molecule has 0 bridgehead atoms. The van der Waals surface area contributed by atoms with Crippen LogP contribution < -0.4 is 0 Å². The molecular weight excluding hydrogens is 188 g/mol. The molecular formula is C9H16O3S. The maximum absolute atomic E-state index is 11.2. The molecule has 3 nitrogen and oxygen atoms in total. The van der Waals surface area contributed by atoms with Crippen LogP contribution in [-0.4, -0.2) is 25.4 Å². The highest BCUT2D eigenvalue weighted by Gasteiger charge is 2.27. The van der Waals surface area contributed by atoms with Crippen molar-refractivity contribution in [3.63, 3.8) is 0 Å². The Labute approximate surface area is 83.4 Å². The van der Waals surface area contributed by atoms with Crippen LogP contribution in [0.4, 0.5) is 0 Å². The summed E-state index contributed by atoms with van der Waals surface area (Å²) in [6.45, 7) is 0. The predicted molar refractivity (Wildman–Crippen MR) is 52.4 cm³/mol. The standard InChI is InChI=1S/C9H16O3S/c1-11-9(10)7-3-5-8(6-4-7)12-13-2/h7-8H,3-6H2,1-2H3. The van der Waals surface area contributed by atoms with Gasteiger partial charge in [-0.1, -0.05) is 0 Å². The second-order valence-corrected chi connectivity index (χ2v) is 3.79. The van der Waals surface area contributed by atoms with Crippen molar-refractivity contribution in [2.24, 2.45) is 5.92 Å². The summed E-state index contributed by atoms with van der Waals surface area (Å²) in [5.74, 6) is 0.0364. The summed E-state index contributed by atoms with van der Waals surface area (Å²) in [7, 11) is 1.45. The van der Waals surface area contributed by atoms with Gasteiger partial charge in [0.15, 0.2) is 0 Å². The molecule has 0 saturated heterocycles. The third kappa shape index (κ3) is 3.19. The zero-order valence-electron chi connectivity index (χ0n) is 8.12. The minimum absolute atomic E-state index is 0.0670. The highest BCUT2D eigenvalue weighted by molar-refractivity contribution is 7.93. The van der Waals surface area contributed by atoms with Crippen molar-refractivity contribution in [1.82, 2.24) is 0 Å². The molecule has 13 heavy (non-hydrogen) atoms. The fourth-order valence-corrected chi connectivity index (χ4v) is 2.16. The summed E-state index contributed by atoms with van der Waals surface area (Å²) in [4.78, 5) is 11.2. The zero-order valence-corrected chi connectivity index (χ0v) is 8.93. The van der Waals surface area contributed by atoms with Crippen LogP contribution in [0.3, 0.4) is 0 Å². The van der Waals surface area contributed by atoms with Crippen LogP contribution in [0.1, 0.15) is 25.7 Å². The fourth-order valence-electron chi connectivity index (χ4n) is 1.70. The number of methoxy groups -OCH3 is 1. The SMILES string of the molecule is COC(=O)C1CCC(OSC)CC1. The highest BCUT2D eigenvalue weighted by Crippen LogP contribution is 2.28. The van der Waals surface area contributed by atoms with E-state index >= 15 is 0 Å². The van der Waals surface area contributed by atoms with Gasteiger partial charge < -0.3 is 8.92 Å². The van der Waals surface area contributed by atoms with Crippen molar-refractivity contribution in [3.05, 3.63) is 0 Å². The van der Waals surface area contributed by atoms with Crippen LogP contribution in [0.2, 0.25) is 0 Å². The Balaban J connectivity index is 2.26. The van der Waals surface area contributed by atoms with Crippen LogP contribution in [0.15, 0.2) is 0 Å². The average Bonchev–Trinajstić information content (AvgIpc) is 2.18. The minimum atomic E-state index is -0.0670. The quantitative estimate of drug-likeness (QED) is 0.520. The Morgan fingerprint density at radius 3 is 2.38 bits per heavy atom. The van der Waals surface area contributed by atoms with Gasteiger partial charge in [0.05, 0.1) is 19.1 Å². The first-order valence-corrected chi connectivity index (χ1v) is 5.70. The molecule has 1 aliphatic rings. The number of carbonyl (C=O) groups excluding carboxylic acids is 1. The molecule has 0 heterocycles. The van der Waals surface area contributed by atoms with Gasteiger partial charge in [-0.2, -0.15) is 0 Å². The van der Waals surface area contributed by atoms with Crippen molar-refractivity contribution in [2.45, 2.75) is 31.8 Å². The lowest BCUT2D eigenvalue weighted by Crippen LogP contribution is -2.25. The van der Waals surface area contributed by atoms with Crippen molar-refractivity contribution >= 4 is 18.0 Å². The maximum Gasteiger partial charge on any atom is 0.308 e. The highest BCUT2D eigenvalue weighted by atomic mass is 32.2. The number of rotatable bonds is 3. The Morgan fingerprint density at radius 1 is 1.31 bits per heavy atom. The van der Waals surface area contributed by atoms with Crippen LogP contribution in [0.5, 0.6) is 0 Å². The van der Waals surface area contributed by atoms with Crippen LogP contribution in [0.25, 0.3) is 0 Å². The first-order valence-electron chi connectivity index (χ1n) is 4.55. The minimum Gasteiger partial charge on any atom is -0.469 e. The summed E-state index contributed by atoms with van der Waals surface area (Å²) in [5.41, 5.74) is 0. The molecule has 1 aliphatic carbocycles. The Kier molecular flexibility index (Phi) is 4.59. The Morgan fingerprint density at radius 2 is 1.92 bits per heavy atom. The molecule has 1 saturated carbocycles. The smallest absolute Gasteiger partial charge is 0.308 e.